The zero-order valence-electron chi connectivity index (χ0n) is 9.05. The van der Waals surface area contributed by atoms with Crippen LogP contribution in [-0.2, 0) is 6.54 Å². The molecule has 1 nitrogen and oxygen atoms in total. The standard InChI is InChI=1S/C13H15BrClN/c14-13-8-11(15)7-6-10(13)9-16-12-4-2-1-3-5-12/h1-2,6-8,12,16H,3-5,9H2. The number of hydrogen-bond donors (Lipinski definition) is 1. The maximum Gasteiger partial charge on any atom is 0.0417 e. The second-order valence-corrected chi connectivity index (χ2v) is 5.39. The van der Waals surface area contributed by atoms with Gasteiger partial charge in [0.15, 0.2) is 0 Å². The van der Waals surface area contributed by atoms with Crippen LogP contribution in [0.3, 0.4) is 0 Å². The first-order valence-corrected chi connectivity index (χ1v) is 6.75. The highest BCUT2D eigenvalue weighted by Gasteiger charge is 2.09. The van der Waals surface area contributed by atoms with Crippen molar-refractivity contribution in [3.63, 3.8) is 0 Å². The van der Waals surface area contributed by atoms with Gasteiger partial charge in [0.05, 0.1) is 0 Å². The summed E-state index contributed by atoms with van der Waals surface area (Å²) in [5.41, 5.74) is 1.26. The molecule has 1 N–H and O–H groups in total. The highest BCUT2D eigenvalue weighted by atomic mass is 79.9. The van der Waals surface area contributed by atoms with E-state index in [2.05, 4.69) is 39.5 Å². The van der Waals surface area contributed by atoms with E-state index < -0.39 is 0 Å². The Bertz CT molecular complexity index is 390. The van der Waals surface area contributed by atoms with Crippen molar-refractivity contribution >= 4 is 27.5 Å². The van der Waals surface area contributed by atoms with E-state index in [0.29, 0.717) is 6.04 Å². The Morgan fingerprint density at radius 3 is 2.94 bits per heavy atom. The first-order chi connectivity index (χ1) is 7.75. The van der Waals surface area contributed by atoms with Gasteiger partial charge in [0.1, 0.15) is 0 Å². The van der Waals surface area contributed by atoms with Gasteiger partial charge in [-0.05, 0) is 37.0 Å². The second-order valence-electron chi connectivity index (χ2n) is 4.10. The summed E-state index contributed by atoms with van der Waals surface area (Å²) in [6.07, 6.45) is 8.10. The van der Waals surface area contributed by atoms with Gasteiger partial charge < -0.3 is 5.32 Å². The van der Waals surface area contributed by atoms with Crippen LogP contribution in [0.25, 0.3) is 0 Å². The lowest BCUT2D eigenvalue weighted by atomic mass is 10.0. The number of benzene rings is 1. The average molecular weight is 301 g/mol. The van der Waals surface area contributed by atoms with Crippen molar-refractivity contribution < 1.29 is 0 Å². The largest absolute Gasteiger partial charge is 0.310 e. The molecule has 2 rings (SSSR count). The van der Waals surface area contributed by atoms with E-state index in [0.717, 1.165) is 22.5 Å². The summed E-state index contributed by atoms with van der Waals surface area (Å²) in [6, 6.07) is 6.56. The first-order valence-electron chi connectivity index (χ1n) is 5.58. The molecule has 1 aliphatic rings. The third-order valence-electron chi connectivity index (χ3n) is 2.87. The summed E-state index contributed by atoms with van der Waals surface area (Å²) in [5.74, 6) is 0. The number of rotatable bonds is 3. The third-order valence-corrected chi connectivity index (χ3v) is 3.84. The van der Waals surface area contributed by atoms with Crippen molar-refractivity contribution in [1.82, 2.24) is 5.32 Å². The fourth-order valence-corrected chi connectivity index (χ4v) is 2.72. The van der Waals surface area contributed by atoms with Crippen molar-refractivity contribution in [3.05, 3.63) is 45.4 Å². The zero-order chi connectivity index (χ0) is 11.4. The van der Waals surface area contributed by atoms with Gasteiger partial charge in [0.2, 0.25) is 0 Å². The summed E-state index contributed by atoms with van der Waals surface area (Å²) in [7, 11) is 0. The molecule has 86 valence electrons. The van der Waals surface area contributed by atoms with E-state index >= 15 is 0 Å². The number of allylic oxidation sites excluding steroid dienone is 1. The minimum absolute atomic E-state index is 0.618. The number of halogens is 2. The predicted molar refractivity (Wildman–Crippen MR) is 72.8 cm³/mol. The van der Waals surface area contributed by atoms with Crippen molar-refractivity contribution in [2.45, 2.75) is 31.8 Å². The smallest absolute Gasteiger partial charge is 0.0417 e. The molecule has 16 heavy (non-hydrogen) atoms. The van der Waals surface area contributed by atoms with Crippen molar-refractivity contribution in [3.8, 4) is 0 Å². The third kappa shape index (κ3) is 3.34. The molecule has 0 radical (unpaired) electrons. The Hall–Kier alpha value is -0.310. The van der Waals surface area contributed by atoms with Crippen LogP contribution in [0.5, 0.6) is 0 Å². The van der Waals surface area contributed by atoms with Crippen molar-refractivity contribution in [2.75, 3.05) is 0 Å². The molecule has 0 saturated carbocycles. The van der Waals surface area contributed by atoms with Crippen molar-refractivity contribution in [1.29, 1.82) is 0 Å². The molecule has 1 aromatic carbocycles. The van der Waals surface area contributed by atoms with E-state index in [9.17, 15) is 0 Å². The zero-order valence-corrected chi connectivity index (χ0v) is 11.4. The lowest BCUT2D eigenvalue weighted by Crippen LogP contribution is -2.29. The quantitative estimate of drug-likeness (QED) is 0.821. The Morgan fingerprint density at radius 2 is 2.25 bits per heavy atom. The Balaban J connectivity index is 1.91. The van der Waals surface area contributed by atoms with E-state index in [1.807, 2.05) is 12.1 Å². The molecule has 0 fully saturated rings. The predicted octanol–water partition coefficient (Wildman–Crippen LogP) is 4.30. The first kappa shape index (κ1) is 12.2. The lowest BCUT2D eigenvalue weighted by Gasteiger charge is -2.19. The van der Waals surface area contributed by atoms with E-state index in [1.165, 1.54) is 18.4 Å². The highest BCUT2D eigenvalue weighted by molar-refractivity contribution is 9.10. The molecule has 0 spiro atoms. The van der Waals surface area contributed by atoms with Crippen LogP contribution >= 0.6 is 27.5 Å². The van der Waals surface area contributed by atoms with Crippen LogP contribution in [0.2, 0.25) is 5.02 Å². The maximum absolute atomic E-state index is 5.91. The summed E-state index contributed by atoms with van der Waals surface area (Å²) < 4.78 is 1.08. The summed E-state index contributed by atoms with van der Waals surface area (Å²) in [5, 5.41) is 4.35. The van der Waals surface area contributed by atoms with Gasteiger partial charge in [0, 0.05) is 22.1 Å². The molecule has 0 heterocycles. The van der Waals surface area contributed by atoms with Crippen LogP contribution in [0.1, 0.15) is 24.8 Å². The summed E-state index contributed by atoms with van der Waals surface area (Å²) >= 11 is 9.44. The molecule has 0 amide bonds. The molecule has 1 aliphatic carbocycles. The van der Waals surface area contributed by atoms with Crippen LogP contribution in [0.15, 0.2) is 34.8 Å². The van der Waals surface area contributed by atoms with Gasteiger partial charge in [-0.15, -0.1) is 0 Å². The van der Waals surface area contributed by atoms with Gasteiger partial charge in [-0.1, -0.05) is 45.7 Å². The van der Waals surface area contributed by atoms with Gasteiger partial charge in [-0.3, -0.25) is 0 Å². The van der Waals surface area contributed by atoms with Gasteiger partial charge in [-0.2, -0.15) is 0 Å². The molecule has 3 heteroatoms. The fourth-order valence-electron chi connectivity index (χ4n) is 1.90. The molecule has 0 saturated heterocycles. The molecule has 0 aliphatic heterocycles. The Labute approximate surface area is 110 Å². The monoisotopic (exact) mass is 299 g/mol. The molecule has 1 atom stereocenters. The van der Waals surface area contributed by atoms with Gasteiger partial charge >= 0.3 is 0 Å². The summed E-state index contributed by atoms with van der Waals surface area (Å²) in [4.78, 5) is 0. The Morgan fingerprint density at radius 1 is 1.38 bits per heavy atom. The normalized spacial score (nSPS) is 20.0. The van der Waals surface area contributed by atoms with E-state index in [1.54, 1.807) is 0 Å². The van der Waals surface area contributed by atoms with Crippen molar-refractivity contribution in [2.24, 2.45) is 0 Å². The minimum atomic E-state index is 0.618. The second kappa shape index (κ2) is 5.85. The van der Waals surface area contributed by atoms with Crippen LogP contribution in [0, 0.1) is 0 Å². The van der Waals surface area contributed by atoms with E-state index in [-0.39, 0.29) is 0 Å². The average Bonchev–Trinajstić information content (AvgIpc) is 2.29. The molecular weight excluding hydrogens is 286 g/mol. The fraction of sp³-hybridized carbons (Fsp3) is 0.385. The summed E-state index contributed by atoms with van der Waals surface area (Å²) in [6.45, 7) is 0.899. The minimum Gasteiger partial charge on any atom is -0.310 e. The topological polar surface area (TPSA) is 12.0 Å². The Kier molecular flexibility index (Phi) is 4.45. The van der Waals surface area contributed by atoms with Crippen LogP contribution in [-0.4, -0.2) is 6.04 Å². The maximum atomic E-state index is 5.91. The highest BCUT2D eigenvalue weighted by Crippen LogP contribution is 2.22. The lowest BCUT2D eigenvalue weighted by molar-refractivity contribution is 0.474. The molecular formula is C13H15BrClN. The number of hydrogen-bond acceptors (Lipinski definition) is 1. The van der Waals surface area contributed by atoms with Crippen LogP contribution in [0.4, 0.5) is 0 Å². The van der Waals surface area contributed by atoms with Gasteiger partial charge in [-0.25, -0.2) is 0 Å². The number of nitrogens with one attached hydrogen (secondary N) is 1. The molecule has 1 aromatic rings. The SMILES string of the molecule is Clc1ccc(CNC2CC=CCC2)c(Br)c1. The van der Waals surface area contributed by atoms with Crippen LogP contribution < -0.4 is 5.32 Å². The van der Waals surface area contributed by atoms with E-state index in [4.69, 9.17) is 11.6 Å². The molecule has 0 bridgehead atoms. The van der Waals surface area contributed by atoms with Gasteiger partial charge in [0.25, 0.3) is 0 Å². The molecule has 0 aromatic heterocycles. The molecule has 1 unspecified atom stereocenters.